The molecule has 1 heterocycles. The summed E-state index contributed by atoms with van der Waals surface area (Å²) in [5.41, 5.74) is 7.08. The standard InChI is InChI=1S/C25H30FN5O3/c26-18-7-4-8-21(16-18)29-25(34)31-14-13-30(22(32)15-17-5-2-1-3-6-17)24(31)23(33)28-20-11-9-19(27)10-12-20/h1-8,16,19-20,24H,9-15,27H2,(H,28,33)(H,29,34). The first-order chi connectivity index (χ1) is 16.4. The van der Waals surface area contributed by atoms with Crippen LogP contribution in [0.5, 0.6) is 0 Å². The van der Waals surface area contributed by atoms with Crippen molar-refractivity contribution < 1.29 is 18.8 Å². The lowest BCUT2D eigenvalue weighted by molar-refractivity contribution is -0.141. The first-order valence-electron chi connectivity index (χ1n) is 11.6. The third-order valence-corrected chi connectivity index (χ3v) is 6.38. The number of carbonyl (C=O) groups is 3. The number of amides is 4. The molecule has 9 heteroatoms. The molecule has 1 aliphatic carbocycles. The lowest BCUT2D eigenvalue weighted by atomic mass is 9.92. The Labute approximate surface area is 198 Å². The molecule has 2 aromatic rings. The Morgan fingerprint density at radius 1 is 0.941 bits per heavy atom. The van der Waals surface area contributed by atoms with Crippen LogP contribution in [0.3, 0.4) is 0 Å². The van der Waals surface area contributed by atoms with Gasteiger partial charge in [-0.05, 0) is 49.4 Å². The zero-order valence-electron chi connectivity index (χ0n) is 19.0. The number of hydrogen-bond acceptors (Lipinski definition) is 4. The highest BCUT2D eigenvalue weighted by Gasteiger charge is 2.43. The number of anilines is 1. The van der Waals surface area contributed by atoms with Crippen molar-refractivity contribution in [2.24, 2.45) is 5.73 Å². The van der Waals surface area contributed by atoms with Gasteiger partial charge in [-0.25, -0.2) is 9.18 Å². The van der Waals surface area contributed by atoms with Gasteiger partial charge in [0.05, 0.1) is 6.42 Å². The fourth-order valence-electron chi connectivity index (χ4n) is 4.56. The van der Waals surface area contributed by atoms with Crippen LogP contribution in [0.25, 0.3) is 0 Å². The Morgan fingerprint density at radius 3 is 2.35 bits per heavy atom. The smallest absolute Gasteiger partial charge is 0.323 e. The van der Waals surface area contributed by atoms with E-state index >= 15 is 0 Å². The minimum absolute atomic E-state index is 0.0490. The SMILES string of the molecule is NC1CCC(NC(=O)C2N(C(=O)Cc3ccccc3)CCN2C(=O)Nc2cccc(F)c2)CC1. The molecule has 1 atom stereocenters. The maximum absolute atomic E-state index is 13.6. The van der Waals surface area contributed by atoms with Crippen molar-refractivity contribution in [1.29, 1.82) is 0 Å². The van der Waals surface area contributed by atoms with Crippen molar-refractivity contribution in [2.45, 2.75) is 50.4 Å². The zero-order chi connectivity index (χ0) is 24.1. The molecule has 2 fully saturated rings. The van der Waals surface area contributed by atoms with Crippen molar-refractivity contribution in [3.63, 3.8) is 0 Å². The lowest BCUT2D eigenvalue weighted by Crippen LogP contribution is -2.57. The van der Waals surface area contributed by atoms with Crippen molar-refractivity contribution >= 4 is 23.5 Å². The third kappa shape index (κ3) is 5.72. The van der Waals surface area contributed by atoms with E-state index < -0.39 is 23.9 Å². The Hall–Kier alpha value is -3.46. The molecule has 4 amide bonds. The average Bonchev–Trinajstić information content (AvgIpc) is 3.27. The van der Waals surface area contributed by atoms with Crippen LogP contribution in [0, 0.1) is 5.82 Å². The van der Waals surface area contributed by atoms with Gasteiger partial charge in [-0.2, -0.15) is 0 Å². The number of nitrogens with one attached hydrogen (secondary N) is 2. The quantitative estimate of drug-likeness (QED) is 0.628. The molecule has 0 bridgehead atoms. The molecule has 180 valence electrons. The van der Waals surface area contributed by atoms with Gasteiger partial charge in [-0.1, -0.05) is 36.4 Å². The topological polar surface area (TPSA) is 108 Å². The highest BCUT2D eigenvalue weighted by molar-refractivity contribution is 5.96. The van der Waals surface area contributed by atoms with Gasteiger partial charge in [0.2, 0.25) is 5.91 Å². The van der Waals surface area contributed by atoms with E-state index in [1.165, 1.54) is 28.0 Å². The number of nitrogens with two attached hydrogens (primary N) is 1. The van der Waals surface area contributed by atoms with Gasteiger partial charge >= 0.3 is 6.03 Å². The summed E-state index contributed by atoms with van der Waals surface area (Å²) in [6.45, 7) is 0.422. The minimum Gasteiger partial charge on any atom is -0.350 e. The van der Waals surface area contributed by atoms with Gasteiger partial charge in [0.15, 0.2) is 6.17 Å². The highest BCUT2D eigenvalue weighted by Crippen LogP contribution is 2.22. The Morgan fingerprint density at radius 2 is 1.65 bits per heavy atom. The van der Waals surface area contributed by atoms with E-state index in [0.29, 0.717) is 0 Å². The highest BCUT2D eigenvalue weighted by atomic mass is 19.1. The van der Waals surface area contributed by atoms with Crippen LogP contribution in [0.4, 0.5) is 14.9 Å². The van der Waals surface area contributed by atoms with Crippen LogP contribution < -0.4 is 16.4 Å². The molecule has 1 saturated carbocycles. The molecule has 4 N–H and O–H groups in total. The van der Waals surface area contributed by atoms with Crippen LogP contribution in [0.1, 0.15) is 31.2 Å². The average molecular weight is 468 g/mol. The van der Waals surface area contributed by atoms with E-state index in [1.807, 2.05) is 30.3 Å². The summed E-state index contributed by atoms with van der Waals surface area (Å²) in [5.74, 6) is -1.12. The monoisotopic (exact) mass is 467 g/mol. The van der Waals surface area contributed by atoms with E-state index in [4.69, 9.17) is 5.73 Å². The number of halogens is 1. The summed E-state index contributed by atoms with van der Waals surface area (Å²) in [6, 6.07) is 14.3. The summed E-state index contributed by atoms with van der Waals surface area (Å²) < 4.78 is 13.6. The van der Waals surface area contributed by atoms with Crippen LogP contribution in [0.2, 0.25) is 0 Å². The predicted molar refractivity (Wildman–Crippen MR) is 126 cm³/mol. The van der Waals surface area contributed by atoms with Crippen LogP contribution in [0.15, 0.2) is 54.6 Å². The molecule has 1 unspecified atom stereocenters. The van der Waals surface area contributed by atoms with Gasteiger partial charge in [-0.15, -0.1) is 0 Å². The van der Waals surface area contributed by atoms with Gasteiger partial charge < -0.3 is 21.3 Å². The zero-order valence-corrected chi connectivity index (χ0v) is 19.0. The van der Waals surface area contributed by atoms with Crippen molar-refractivity contribution in [1.82, 2.24) is 15.1 Å². The maximum atomic E-state index is 13.6. The molecule has 0 spiro atoms. The number of nitrogens with zero attached hydrogens (tertiary/aromatic N) is 2. The minimum atomic E-state index is -1.08. The number of hydrogen-bond donors (Lipinski definition) is 3. The van der Waals surface area contributed by atoms with E-state index in [1.54, 1.807) is 6.07 Å². The molecule has 34 heavy (non-hydrogen) atoms. The molecule has 0 radical (unpaired) electrons. The number of rotatable bonds is 5. The van der Waals surface area contributed by atoms with Crippen molar-refractivity contribution in [3.05, 3.63) is 66.0 Å². The molecule has 1 aliphatic heterocycles. The second-order valence-electron chi connectivity index (χ2n) is 8.88. The van der Waals surface area contributed by atoms with Crippen molar-refractivity contribution in [3.8, 4) is 0 Å². The van der Waals surface area contributed by atoms with E-state index in [9.17, 15) is 18.8 Å². The van der Waals surface area contributed by atoms with E-state index in [2.05, 4.69) is 10.6 Å². The normalized spacial score (nSPS) is 22.4. The Balaban J connectivity index is 1.51. The third-order valence-electron chi connectivity index (χ3n) is 6.38. The van der Waals surface area contributed by atoms with Crippen molar-refractivity contribution in [2.75, 3.05) is 18.4 Å². The molecule has 0 aromatic heterocycles. The first-order valence-corrected chi connectivity index (χ1v) is 11.6. The first kappa shape index (κ1) is 23.7. The summed E-state index contributed by atoms with van der Waals surface area (Å²) in [6.07, 6.45) is 2.19. The molecule has 1 saturated heterocycles. The Kier molecular flexibility index (Phi) is 7.42. The van der Waals surface area contributed by atoms with Gasteiger partial charge in [-0.3, -0.25) is 14.5 Å². The predicted octanol–water partition coefficient (Wildman–Crippen LogP) is 2.46. The maximum Gasteiger partial charge on any atom is 0.323 e. The lowest BCUT2D eigenvalue weighted by Gasteiger charge is -2.32. The summed E-state index contributed by atoms with van der Waals surface area (Å²) in [4.78, 5) is 42.4. The second kappa shape index (κ2) is 10.6. The van der Waals surface area contributed by atoms with Crippen LogP contribution >= 0.6 is 0 Å². The van der Waals surface area contributed by atoms with Crippen LogP contribution in [-0.4, -0.2) is 59.0 Å². The summed E-state index contributed by atoms with van der Waals surface area (Å²) in [7, 11) is 0. The largest absolute Gasteiger partial charge is 0.350 e. The number of urea groups is 1. The van der Waals surface area contributed by atoms with E-state index in [0.717, 1.165) is 31.2 Å². The Bertz CT molecular complexity index is 1030. The van der Waals surface area contributed by atoms with Gasteiger partial charge in [0, 0.05) is 30.9 Å². The molecule has 2 aliphatic rings. The molecular weight excluding hydrogens is 437 g/mol. The molecule has 2 aromatic carbocycles. The summed E-state index contributed by atoms with van der Waals surface area (Å²) in [5, 5.41) is 5.66. The summed E-state index contributed by atoms with van der Waals surface area (Å²) >= 11 is 0. The number of carbonyl (C=O) groups excluding carboxylic acids is 3. The van der Waals surface area contributed by atoms with Gasteiger partial charge in [0.25, 0.3) is 5.91 Å². The van der Waals surface area contributed by atoms with Gasteiger partial charge in [0.1, 0.15) is 5.82 Å². The molecule has 8 nitrogen and oxygen atoms in total. The molecule has 4 rings (SSSR count). The second-order valence-corrected chi connectivity index (χ2v) is 8.88. The van der Waals surface area contributed by atoms with E-state index in [-0.39, 0.29) is 43.2 Å². The fourth-order valence-corrected chi connectivity index (χ4v) is 4.56. The fraction of sp³-hybridized carbons (Fsp3) is 0.400. The number of benzene rings is 2. The van der Waals surface area contributed by atoms with Crippen LogP contribution in [-0.2, 0) is 16.0 Å². The molecular formula is C25H30FN5O3.